The van der Waals surface area contributed by atoms with E-state index in [4.69, 9.17) is 9.47 Å². The molecule has 0 radical (unpaired) electrons. The van der Waals surface area contributed by atoms with E-state index in [2.05, 4.69) is 170 Å². The first kappa shape index (κ1) is 31.0. The zero-order valence-electron chi connectivity index (χ0n) is 27.2. The van der Waals surface area contributed by atoms with Gasteiger partial charge in [-0.3, -0.25) is 4.90 Å². The van der Waals surface area contributed by atoms with E-state index in [0.29, 0.717) is 0 Å². The molecule has 0 saturated carbocycles. The first-order chi connectivity index (χ1) is 23.7. The van der Waals surface area contributed by atoms with E-state index in [-0.39, 0.29) is 12.2 Å². The van der Waals surface area contributed by atoms with E-state index in [0.717, 1.165) is 37.4 Å². The summed E-state index contributed by atoms with van der Waals surface area (Å²) in [5.41, 5.74) is 2.46. The van der Waals surface area contributed by atoms with E-state index < -0.39 is 15.8 Å². The van der Waals surface area contributed by atoms with Crippen LogP contribution in [0.2, 0.25) is 0 Å². The average molecular weight is 664 g/mol. The van der Waals surface area contributed by atoms with Crippen LogP contribution in [0.25, 0.3) is 0 Å². The highest BCUT2D eigenvalue weighted by Crippen LogP contribution is 2.42. The number of hydrogen-bond acceptors (Lipinski definition) is 3. The summed E-state index contributed by atoms with van der Waals surface area (Å²) >= 11 is 0. The van der Waals surface area contributed by atoms with E-state index in [1.807, 2.05) is 0 Å². The van der Waals surface area contributed by atoms with E-state index in [1.54, 1.807) is 0 Å². The van der Waals surface area contributed by atoms with Crippen LogP contribution in [0.4, 0.5) is 0 Å². The van der Waals surface area contributed by atoms with Crippen LogP contribution in [0.3, 0.4) is 0 Å². The number of para-hydroxylation sites is 2. The molecule has 1 unspecified atom stereocenters. The first-order valence-corrected chi connectivity index (χ1v) is 19.5. The summed E-state index contributed by atoms with van der Waals surface area (Å²) in [5, 5.41) is 7.87. The van der Waals surface area contributed by atoms with Gasteiger partial charge >= 0.3 is 0 Å². The number of rotatable bonds is 6. The molecule has 0 aliphatic carbocycles. The summed E-state index contributed by atoms with van der Waals surface area (Å²) in [7, 11) is 0.570. The molecule has 0 aromatic heterocycles. The highest BCUT2D eigenvalue weighted by molar-refractivity contribution is 7.80. The molecular formula is C43H39NO2P2. The molecule has 238 valence electrons. The monoisotopic (exact) mass is 663 g/mol. The Hall–Kier alpha value is -4.26. The molecule has 5 heteroatoms. The molecule has 48 heavy (non-hydrogen) atoms. The molecule has 2 atom stereocenters. The van der Waals surface area contributed by atoms with E-state index in [9.17, 15) is 0 Å². The van der Waals surface area contributed by atoms with Crippen molar-refractivity contribution in [1.82, 2.24) is 4.90 Å². The molecule has 3 nitrogen and oxygen atoms in total. The molecule has 2 heterocycles. The quantitative estimate of drug-likeness (QED) is 0.192. The zero-order valence-corrected chi connectivity index (χ0v) is 28.9. The van der Waals surface area contributed by atoms with Crippen LogP contribution in [0.5, 0.6) is 11.5 Å². The summed E-state index contributed by atoms with van der Waals surface area (Å²) in [6.07, 6.45) is 1.48. The Balaban J connectivity index is 1.25. The van der Waals surface area contributed by atoms with Crippen LogP contribution >= 0.6 is 15.8 Å². The maximum Gasteiger partial charge on any atom is 0.131 e. The lowest BCUT2D eigenvalue weighted by Gasteiger charge is -2.30. The standard InChI is InChI=1S/C43H39NO2P2/c1-44-30-34-29-33-17-15-27-41(48(38-22-10-4-11-23-38)39-24-12-5-13-25-39)43(33)46-35(31-44)28-32-16-14-26-40(42(32)45-34)47(36-18-6-2-7-19-36)37-20-8-3-9-21-37/h2-27,34-35H,28-31H2,1H3/t34-,35?/m0/s1. The van der Waals surface area contributed by atoms with Crippen molar-refractivity contribution in [3.63, 3.8) is 0 Å². The van der Waals surface area contributed by atoms with Crippen LogP contribution in [0, 0.1) is 0 Å². The van der Waals surface area contributed by atoms with Crippen molar-refractivity contribution in [3.05, 3.63) is 169 Å². The Morgan fingerprint density at radius 3 is 1.10 bits per heavy atom. The molecule has 2 aliphatic heterocycles. The van der Waals surface area contributed by atoms with Crippen molar-refractivity contribution < 1.29 is 9.47 Å². The second-order valence-electron chi connectivity index (χ2n) is 12.7. The molecule has 6 aromatic carbocycles. The Labute approximate surface area is 286 Å². The minimum atomic E-state index is -0.820. The molecule has 2 bridgehead atoms. The van der Waals surface area contributed by atoms with Crippen molar-refractivity contribution in [1.29, 1.82) is 0 Å². The minimum absolute atomic E-state index is 0.0348. The summed E-state index contributed by atoms with van der Waals surface area (Å²) in [5.74, 6) is 2.08. The van der Waals surface area contributed by atoms with Crippen LogP contribution in [0.15, 0.2) is 158 Å². The van der Waals surface area contributed by atoms with Gasteiger partial charge in [-0.2, -0.15) is 0 Å². The van der Waals surface area contributed by atoms with Crippen molar-refractivity contribution in [2.45, 2.75) is 25.0 Å². The summed E-state index contributed by atoms with van der Waals surface area (Å²) in [4.78, 5) is 2.40. The highest BCUT2D eigenvalue weighted by atomic mass is 31.1. The Bertz CT molecular complexity index is 1750. The van der Waals surface area contributed by atoms with Gasteiger partial charge in [0.05, 0.1) is 0 Å². The average Bonchev–Trinajstić information content (AvgIpc) is 3.23. The van der Waals surface area contributed by atoms with Crippen LogP contribution < -0.4 is 41.3 Å². The van der Waals surface area contributed by atoms with Gasteiger partial charge in [-0.1, -0.05) is 158 Å². The third kappa shape index (κ3) is 6.44. The molecule has 0 N–H and O–H groups in total. The minimum Gasteiger partial charge on any atom is -0.488 e. The Morgan fingerprint density at radius 2 is 0.771 bits per heavy atom. The van der Waals surface area contributed by atoms with Gasteiger partial charge in [-0.05, 0) is 55.2 Å². The third-order valence-corrected chi connectivity index (χ3v) is 14.1. The maximum atomic E-state index is 7.32. The van der Waals surface area contributed by atoms with Gasteiger partial charge in [0.2, 0.25) is 0 Å². The summed E-state index contributed by atoms with van der Waals surface area (Å²) in [6, 6.07) is 57.3. The number of fused-ring (bicyclic) bond motifs is 6. The maximum absolute atomic E-state index is 7.32. The molecule has 0 spiro atoms. The predicted molar refractivity (Wildman–Crippen MR) is 204 cm³/mol. The van der Waals surface area contributed by atoms with Crippen molar-refractivity contribution >= 4 is 47.7 Å². The lowest BCUT2D eigenvalue weighted by Crippen LogP contribution is -2.38. The smallest absolute Gasteiger partial charge is 0.131 e. The normalized spacial score (nSPS) is 17.6. The number of nitrogens with zero attached hydrogens (tertiary/aromatic N) is 1. The lowest BCUT2D eigenvalue weighted by molar-refractivity contribution is 0.126. The predicted octanol–water partition coefficient (Wildman–Crippen LogP) is 6.44. The fraction of sp³-hybridized carbons (Fsp3) is 0.163. The summed E-state index contributed by atoms with van der Waals surface area (Å²) < 4.78 is 14.6. The van der Waals surface area contributed by atoms with Crippen molar-refractivity contribution in [2.24, 2.45) is 0 Å². The van der Waals surface area contributed by atoms with Crippen LogP contribution in [-0.4, -0.2) is 37.2 Å². The highest BCUT2D eigenvalue weighted by Gasteiger charge is 2.33. The molecule has 2 aliphatic rings. The van der Waals surface area contributed by atoms with Gasteiger partial charge in [-0.25, -0.2) is 0 Å². The topological polar surface area (TPSA) is 21.7 Å². The van der Waals surface area contributed by atoms with Crippen LogP contribution in [-0.2, 0) is 12.8 Å². The fourth-order valence-electron chi connectivity index (χ4n) is 7.13. The Morgan fingerprint density at radius 1 is 0.438 bits per heavy atom. The first-order valence-electron chi connectivity index (χ1n) is 16.8. The van der Waals surface area contributed by atoms with Gasteiger partial charge in [0.25, 0.3) is 0 Å². The lowest BCUT2D eigenvalue weighted by atomic mass is 10.0. The molecular weight excluding hydrogens is 624 g/mol. The molecule has 0 fully saturated rings. The number of benzene rings is 6. The van der Waals surface area contributed by atoms with Crippen LogP contribution in [0.1, 0.15) is 11.1 Å². The molecule has 8 rings (SSSR count). The number of likely N-dealkylation sites (N-methyl/N-ethyl adjacent to an activating group) is 1. The second-order valence-corrected chi connectivity index (χ2v) is 17.0. The van der Waals surface area contributed by atoms with Gasteiger partial charge in [-0.15, -0.1) is 0 Å². The fourth-order valence-corrected chi connectivity index (χ4v) is 12.0. The third-order valence-electron chi connectivity index (χ3n) is 9.19. The summed E-state index contributed by atoms with van der Waals surface area (Å²) in [6.45, 7) is 1.66. The molecule has 0 amide bonds. The van der Waals surface area contributed by atoms with Gasteiger partial charge in [0.1, 0.15) is 23.7 Å². The molecule has 6 aromatic rings. The Kier molecular flexibility index (Phi) is 9.10. The van der Waals surface area contributed by atoms with E-state index in [1.165, 1.54) is 43.0 Å². The van der Waals surface area contributed by atoms with Gasteiger partial charge in [0, 0.05) is 36.5 Å². The molecule has 0 saturated heterocycles. The second kappa shape index (κ2) is 14.1. The van der Waals surface area contributed by atoms with Crippen molar-refractivity contribution in [2.75, 3.05) is 20.1 Å². The number of hydrogen-bond donors (Lipinski definition) is 0. The SMILES string of the molecule is CN1CC2Cc3cccc(P(c4ccccc4)c4ccccc4)c3O[C@@H](Cc3cccc(P(c4ccccc4)c4ccccc4)c3O2)C1. The van der Waals surface area contributed by atoms with Crippen molar-refractivity contribution in [3.8, 4) is 11.5 Å². The van der Waals surface area contributed by atoms with Gasteiger partial charge < -0.3 is 9.47 Å². The number of ether oxygens (including phenoxy) is 2. The van der Waals surface area contributed by atoms with Gasteiger partial charge in [0.15, 0.2) is 0 Å². The zero-order chi connectivity index (χ0) is 32.3. The largest absolute Gasteiger partial charge is 0.488 e. The van der Waals surface area contributed by atoms with E-state index >= 15 is 0 Å².